The van der Waals surface area contributed by atoms with Crippen molar-refractivity contribution in [1.82, 2.24) is 0 Å². The molecule has 0 amide bonds. The molecule has 0 saturated carbocycles. The van der Waals surface area contributed by atoms with Crippen LogP contribution >= 0.6 is 34.2 Å². The van der Waals surface area contributed by atoms with Crippen LogP contribution in [0.25, 0.3) is 0 Å². The minimum Gasteiger partial charge on any atom is -0.387 e. The Hall–Kier alpha value is 0.130. The number of alkyl halides is 1. The fourth-order valence-electron chi connectivity index (χ4n) is 0.853. The van der Waals surface area contributed by atoms with Crippen LogP contribution in [0.3, 0.4) is 0 Å². The first kappa shape index (κ1) is 10.2. The first-order chi connectivity index (χ1) is 5.65. The summed E-state index contributed by atoms with van der Waals surface area (Å²) in [6.07, 6.45) is -0.783. The zero-order chi connectivity index (χ0) is 9.14. The molecule has 1 atom stereocenters. The van der Waals surface area contributed by atoms with Gasteiger partial charge < -0.3 is 5.11 Å². The summed E-state index contributed by atoms with van der Waals surface area (Å²) >= 11 is 7.47. The average molecular weight is 300 g/mol. The van der Waals surface area contributed by atoms with Crippen molar-refractivity contribution < 1.29 is 9.50 Å². The summed E-state index contributed by atoms with van der Waals surface area (Å²) in [6, 6.07) is 4.27. The fourth-order valence-corrected chi connectivity index (χ4v) is 1.71. The maximum absolute atomic E-state index is 12.7. The van der Waals surface area contributed by atoms with Crippen molar-refractivity contribution in [1.29, 1.82) is 0 Å². The smallest absolute Gasteiger partial charge is 0.123 e. The molecule has 12 heavy (non-hydrogen) atoms. The molecule has 0 aliphatic carbocycles. The van der Waals surface area contributed by atoms with Crippen LogP contribution in [-0.2, 0) is 0 Å². The van der Waals surface area contributed by atoms with E-state index >= 15 is 0 Å². The number of rotatable bonds is 2. The third-order valence-corrected chi connectivity index (χ3v) is 2.74. The molecule has 1 rings (SSSR count). The van der Waals surface area contributed by atoms with E-state index in [9.17, 15) is 9.50 Å². The first-order valence-electron chi connectivity index (χ1n) is 3.34. The second kappa shape index (κ2) is 4.39. The third-order valence-electron chi connectivity index (χ3n) is 1.46. The van der Waals surface area contributed by atoms with E-state index in [0.717, 1.165) is 3.57 Å². The van der Waals surface area contributed by atoms with Crippen LogP contribution in [0, 0.1) is 9.39 Å². The van der Waals surface area contributed by atoms with Crippen molar-refractivity contribution in [2.24, 2.45) is 0 Å². The molecule has 1 aromatic rings. The van der Waals surface area contributed by atoms with Crippen LogP contribution in [0.1, 0.15) is 11.7 Å². The van der Waals surface area contributed by atoms with E-state index in [2.05, 4.69) is 0 Å². The molecule has 4 heteroatoms. The first-order valence-corrected chi connectivity index (χ1v) is 4.95. The molecule has 0 aliphatic rings. The van der Waals surface area contributed by atoms with Gasteiger partial charge in [0.1, 0.15) is 5.82 Å². The van der Waals surface area contributed by atoms with Gasteiger partial charge in [0, 0.05) is 3.57 Å². The molecule has 1 N–H and O–H groups in total. The molecule has 0 spiro atoms. The van der Waals surface area contributed by atoms with Gasteiger partial charge in [-0.25, -0.2) is 4.39 Å². The lowest BCUT2D eigenvalue weighted by atomic mass is 10.1. The van der Waals surface area contributed by atoms with E-state index in [0.29, 0.717) is 5.56 Å². The van der Waals surface area contributed by atoms with E-state index in [-0.39, 0.29) is 11.7 Å². The Balaban J connectivity index is 3.04. The standard InChI is InChI=1S/C8H7ClFIO/c9-4-8(12)6-3-5(10)1-2-7(6)11/h1-3,8,12H,4H2/t8-/m1/s1. The lowest BCUT2D eigenvalue weighted by molar-refractivity contribution is 0.201. The van der Waals surface area contributed by atoms with Crippen molar-refractivity contribution in [3.05, 3.63) is 33.1 Å². The molecule has 0 fully saturated rings. The lowest BCUT2D eigenvalue weighted by Crippen LogP contribution is -2.01. The molecule has 0 bridgehead atoms. The maximum Gasteiger partial charge on any atom is 0.123 e. The second-order valence-corrected chi connectivity index (χ2v) is 3.81. The van der Waals surface area contributed by atoms with Gasteiger partial charge in [-0.15, -0.1) is 11.6 Å². The average Bonchev–Trinajstić information content (AvgIpc) is 2.08. The second-order valence-electron chi connectivity index (χ2n) is 2.34. The quantitative estimate of drug-likeness (QED) is 0.658. The van der Waals surface area contributed by atoms with Crippen molar-refractivity contribution in [3.8, 4) is 0 Å². The van der Waals surface area contributed by atoms with Gasteiger partial charge in [0.25, 0.3) is 0 Å². The van der Waals surface area contributed by atoms with E-state index in [4.69, 9.17) is 11.6 Å². The molecule has 0 aromatic heterocycles. The van der Waals surface area contributed by atoms with Gasteiger partial charge in [0.2, 0.25) is 0 Å². The van der Waals surface area contributed by atoms with Gasteiger partial charge in [-0.1, -0.05) is 0 Å². The maximum atomic E-state index is 12.7. The van der Waals surface area contributed by atoms with Gasteiger partial charge in [0.15, 0.2) is 0 Å². The molecule has 0 unspecified atom stereocenters. The Labute approximate surface area is 88.7 Å². The topological polar surface area (TPSA) is 20.2 Å². The SMILES string of the molecule is O[C@H](CCl)c1cc(F)ccc1I. The number of hydrogen-bond acceptors (Lipinski definition) is 1. The largest absolute Gasteiger partial charge is 0.387 e. The summed E-state index contributed by atoms with van der Waals surface area (Å²) in [4.78, 5) is 0. The third kappa shape index (κ3) is 2.31. The van der Waals surface area contributed by atoms with Crippen LogP contribution in [0.4, 0.5) is 4.39 Å². The predicted octanol–water partition coefficient (Wildman–Crippen LogP) is 2.70. The normalized spacial score (nSPS) is 13.0. The number of aliphatic hydroxyl groups is 1. The van der Waals surface area contributed by atoms with Gasteiger partial charge in [0.05, 0.1) is 12.0 Å². The molecule has 0 saturated heterocycles. The molecule has 0 aliphatic heterocycles. The molecule has 1 aromatic carbocycles. The van der Waals surface area contributed by atoms with Crippen LogP contribution in [0.2, 0.25) is 0 Å². The van der Waals surface area contributed by atoms with E-state index < -0.39 is 6.10 Å². The summed E-state index contributed by atoms with van der Waals surface area (Å²) in [5, 5.41) is 9.33. The summed E-state index contributed by atoms with van der Waals surface area (Å²) in [6.45, 7) is 0. The van der Waals surface area contributed by atoms with E-state index in [1.54, 1.807) is 6.07 Å². The van der Waals surface area contributed by atoms with Crippen LogP contribution < -0.4 is 0 Å². The lowest BCUT2D eigenvalue weighted by Gasteiger charge is -2.08. The highest BCUT2D eigenvalue weighted by Crippen LogP contribution is 2.21. The molecule has 1 nitrogen and oxygen atoms in total. The summed E-state index contributed by atoms with van der Waals surface area (Å²) in [5.74, 6) is -0.269. The van der Waals surface area contributed by atoms with Crippen LogP contribution in [-0.4, -0.2) is 11.0 Å². The summed E-state index contributed by atoms with van der Waals surface area (Å²) in [7, 11) is 0. The van der Waals surface area contributed by atoms with Crippen LogP contribution in [0.15, 0.2) is 18.2 Å². The Bertz CT molecular complexity index is 280. The summed E-state index contributed by atoms with van der Waals surface area (Å²) < 4.78 is 13.5. The molecule has 66 valence electrons. The zero-order valence-corrected chi connectivity index (χ0v) is 9.01. The Kier molecular flexibility index (Phi) is 3.74. The summed E-state index contributed by atoms with van der Waals surface area (Å²) in [5.41, 5.74) is 0.547. The Morgan fingerprint density at radius 1 is 1.58 bits per heavy atom. The van der Waals surface area contributed by atoms with Gasteiger partial charge in [-0.3, -0.25) is 0 Å². The highest BCUT2D eigenvalue weighted by Gasteiger charge is 2.10. The Morgan fingerprint density at radius 2 is 2.25 bits per heavy atom. The molecule has 0 heterocycles. The molecular formula is C8H7ClFIO. The fraction of sp³-hybridized carbons (Fsp3) is 0.250. The van der Waals surface area contributed by atoms with Crippen LogP contribution in [0.5, 0.6) is 0 Å². The van der Waals surface area contributed by atoms with Crippen molar-refractivity contribution in [3.63, 3.8) is 0 Å². The number of aliphatic hydroxyl groups excluding tert-OH is 1. The number of halogens is 3. The highest BCUT2D eigenvalue weighted by atomic mass is 127. The predicted molar refractivity (Wildman–Crippen MR) is 54.8 cm³/mol. The highest BCUT2D eigenvalue weighted by molar-refractivity contribution is 14.1. The minimum absolute atomic E-state index is 0.0828. The minimum atomic E-state index is -0.783. The van der Waals surface area contributed by atoms with Gasteiger partial charge in [-0.2, -0.15) is 0 Å². The molecular weight excluding hydrogens is 293 g/mol. The number of benzene rings is 1. The van der Waals surface area contributed by atoms with E-state index in [1.807, 2.05) is 22.6 Å². The monoisotopic (exact) mass is 300 g/mol. The number of hydrogen-bond donors (Lipinski definition) is 1. The molecule has 0 radical (unpaired) electrons. The van der Waals surface area contributed by atoms with E-state index in [1.165, 1.54) is 12.1 Å². The van der Waals surface area contributed by atoms with Crippen molar-refractivity contribution in [2.75, 3.05) is 5.88 Å². The van der Waals surface area contributed by atoms with Crippen molar-refractivity contribution >= 4 is 34.2 Å². The Morgan fingerprint density at radius 3 is 2.83 bits per heavy atom. The zero-order valence-electron chi connectivity index (χ0n) is 6.10. The van der Waals surface area contributed by atoms with Gasteiger partial charge >= 0.3 is 0 Å². The van der Waals surface area contributed by atoms with Crippen molar-refractivity contribution in [2.45, 2.75) is 6.10 Å². The van der Waals surface area contributed by atoms with Gasteiger partial charge in [-0.05, 0) is 46.4 Å².